The standard InChI is InChI=1S/C15H30N2/c1-12-13(2)17(11-9-15(12)16-3)10-8-14-6-4-5-7-14/h12-16H,4-11H2,1-3H3. The van der Waals surface area contributed by atoms with Gasteiger partial charge in [-0.2, -0.15) is 0 Å². The van der Waals surface area contributed by atoms with Crippen LogP contribution in [0.5, 0.6) is 0 Å². The number of piperidine rings is 1. The van der Waals surface area contributed by atoms with E-state index in [1.165, 1.54) is 51.6 Å². The topological polar surface area (TPSA) is 15.3 Å². The van der Waals surface area contributed by atoms with Gasteiger partial charge in [0.1, 0.15) is 0 Å². The van der Waals surface area contributed by atoms with Gasteiger partial charge in [-0.3, -0.25) is 0 Å². The van der Waals surface area contributed by atoms with Crippen LogP contribution in [-0.2, 0) is 0 Å². The van der Waals surface area contributed by atoms with Gasteiger partial charge in [-0.25, -0.2) is 0 Å². The van der Waals surface area contributed by atoms with E-state index in [4.69, 9.17) is 0 Å². The minimum Gasteiger partial charge on any atom is -0.317 e. The first-order valence-corrected chi connectivity index (χ1v) is 7.63. The Hall–Kier alpha value is -0.0800. The zero-order valence-electron chi connectivity index (χ0n) is 11.9. The second kappa shape index (κ2) is 6.19. The van der Waals surface area contributed by atoms with Crippen LogP contribution in [0.4, 0.5) is 0 Å². The molecule has 0 bridgehead atoms. The molecule has 2 aliphatic rings. The number of nitrogens with zero attached hydrogens (tertiary/aromatic N) is 1. The maximum absolute atomic E-state index is 3.48. The molecule has 0 aromatic heterocycles. The minimum atomic E-state index is 0.729. The van der Waals surface area contributed by atoms with Crippen molar-refractivity contribution in [2.24, 2.45) is 11.8 Å². The Kier molecular flexibility index (Phi) is 4.87. The first-order chi connectivity index (χ1) is 8.22. The number of rotatable bonds is 4. The molecule has 1 saturated carbocycles. The molecule has 17 heavy (non-hydrogen) atoms. The molecule has 0 radical (unpaired) electrons. The first-order valence-electron chi connectivity index (χ1n) is 7.63. The molecule has 0 spiro atoms. The highest BCUT2D eigenvalue weighted by Crippen LogP contribution is 2.29. The first kappa shape index (κ1) is 13.4. The van der Waals surface area contributed by atoms with E-state index in [2.05, 4.69) is 31.1 Å². The molecule has 1 saturated heterocycles. The summed E-state index contributed by atoms with van der Waals surface area (Å²) in [6, 6.07) is 1.48. The molecule has 2 fully saturated rings. The summed E-state index contributed by atoms with van der Waals surface area (Å²) >= 11 is 0. The molecule has 2 rings (SSSR count). The van der Waals surface area contributed by atoms with E-state index in [1.807, 2.05) is 0 Å². The largest absolute Gasteiger partial charge is 0.317 e. The maximum atomic E-state index is 3.48. The fourth-order valence-electron chi connectivity index (χ4n) is 3.81. The summed E-state index contributed by atoms with van der Waals surface area (Å²) in [6.45, 7) is 7.46. The summed E-state index contributed by atoms with van der Waals surface area (Å²) in [5, 5.41) is 3.48. The highest BCUT2D eigenvalue weighted by atomic mass is 15.2. The van der Waals surface area contributed by atoms with Crippen molar-refractivity contribution in [3.63, 3.8) is 0 Å². The predicted octanol–water partition coefficient (Wildman–Crippen LogP) is 2.89. The third-order valence-corrected chi connectivity index (χ3v) is 5.37. The van der Waals surface area contributed by atoms with Gasteiger partial charge < -0.3 is 10.2 Å². The Morgan fingerprint density at radius 3 is 2.47 bits per heavy atom. The Balaban J connectivity index is 1.77. The lowest BCUT2D eigenvalue weighted by Gasteiger charge is -2.43. The zero-order valence-corrected chi connectivity index (χ0v) is 11.9. The molecule has 1 aliphatic heterocycles. The summed E-state index contributed by atoms with van der Waals surface area (Å²) in [5.74, 6) is 1.83. The minimum absolute atomic E-state index is 0.729. The third-order valence-electron chi connectivity index (χ3n) is 5.37. The highest BCUT2D eigenvalue weighted by Gasteiger charge is 2.31. The number of hydrogen-bond acceptors (Lipinski definition) is 2. The van der Waals surface area contributed by atoms with Crippen LogP contribution in [0.3, 0.4) is 0 Å². The van der Waals surface area contributed by atoms with Gasteiger partial charge in [0.25, 0.3) is 0 Å². The molecule has 1 heterocycles. The summed E-state index contributed by atoms with van der Waals surface area (Å²) < 4.78 is 0. The van der Waals surface area contributed by atoms with Gasteiger partial charge in [-0.05, 0) is 51.7 Å². The van der Waals surface area contributed by atoms with Gasteiger partial charge in [0, 0.05) is 12.1 Å². The average molecular weight is 238 g/mol. The van der Waals surface area contributed by atoms with E-state index < -0.39 is 0 Å². The molecule has 0 aromatic carbocycles. The molecule has 2 heteroatoms. The maximum Gasteiger partial charge on any atom is 0.0117 e. The number of nitrogens with one attached hydrogen (secondary N) is 1. The van der Waals surface area contributed by atoms with E-state index in [9.17, 15) is 0 Å². The van der Waals surface area contributed by atoms with E-state index in [-0.39, 0.29) is 0 Å². The molecular formula is C15H30N2. The number of hydrogen-bond donors (Lipinski definition) is 1. The second-order valence-corrected chi connectivity index (χ2v) is 6.26. The molecule has 3 atom stereocenters. The van der Waals surface area contributed by atoms with E-state index in [0.717, 1.165) is 23.9 Å². The molecule has 1 aliphatic carbocycles. The van der Waals surface area contributed by atoms with Gasteiger partial charge in [0.05, 0.1) is 0 Å². The van der Waals surface area contributed by atoms with E-state index in [1.54, 1.807) is 0 Å². The molecule has 0 aromatic rings. The molecule has 0 amide bonds. The second-order valence-electron chi connectivity index (χ2n) is 6.26. The van der Waals surface area contributed by atoms with Gasteiger partial charge in [0.2, 0.25) is 0 Å². The normalized spacial score (nSPS) is 36.5. The summed E-state index contributed by atoms with van der Waals surface area (Å²) in [4.78, 5) is 2.73. The van der Waals surface area contributed by atoms with Crippen molar-refractivity contribution in [1.29, 1.82) is 0 Å². The van der Waals surface area contributed by atoms with Crippen LogP contribution in [0.1, 0.15) is 52.4 Å². The fourth-order valence-corrected chi connectivity index (χ4v) is 3.81. The lowest BCUT2D eigenvalue weighted by molar-refractivity contribution is 0.0823. The van der Waals surface area contributed by atoms with Crippen molar-refractivity contribution in [1.82, 2.24) is 10.2 Å². The SMILES string of the molecule is CNC1CCN(CCC2CCCC2)C(C)C1C. The van der Waals surface area contributed by atoms with Crippen molar-refractivity contribution in [2.45, 2.75) is 64.5 Å². The Bertz CT molecular complexity index is 223. The Labute approximate surface area is 107 Å². The smallest absolute Gasteiger partial charge is 0.0117 e. The van der Waals surface area contributed by atoms with Crippen molar-refractivity contribution in [3.05, 3.63) is 0 Å². The Morgan fingerprint density at radius 1 is 1.12 bits per heavy atom. The van der Waals surface area contributed by atoms with Crippen LogP contribution in [0.15, 0.2) is 0 Å². The highest BCUT2D eigenvalue weighted by molar-refractivity contribution is 4.88. The lowest BCUT2D eigenvalue weighted by Crippen LogP contribution is -2.52. The summed E-state index contributed by atoms with van der Waals surface area (Å²) in [7, 11) is 2.11. The molecular weight excluding hydrogens is 208 g/mol. The van der Waals surface area contributed by atoms with Crippen molar-refractivity contribution in [3.8, 4) is 0 Å². The molecule has 100 valence electrons. The van der Waals surface area contributed by atoms with Gasteiger partial charge >= 0.3 is 0 Å². The molecule has 1 N–H and O–H groups in total. The molecule has 3 unspecified atom stereocenters. The summed E-state index contributed by atoms with van der Waals surface area (Å²) in [5.41, 5.74) is 0. The van der Waals surface area contributed by atoms with Crippen LogP contribution in [0, 0.1) is 11.8 Å². The van der Waals surface area contributed by atoms with Crippen molar-refractivity contribution in [2.75, 3.05) is 20.1 Å². The van der Waals surface area contributed by atoms with Gasteiger partial charge in [-0.1, -0.05) is 32.6 Å². The van der Waals surface area contributed by atoms with Crippen LogP contribution >= 0.6 is 0 Å². The fraction of sp³-hybridized carbons (Fsp3) is 1.00. The predicted molar refractivity (Wildman–Crippen MR) is 74.2 cm³/mol. The van der Waals surface area contributed by atoms with Crippen LogP contribution < -0.4 is 5.32 Å². The van der Waals surface area contributed by atoms with Gasteiger partial charge in [-0.15, -0.1) is 0 Å². The third kappa shape index (κ3) is 3.23. The van der Waals surface area contributed by atoms with Crippen molar-refractivity contribution < 1.29 is 0 Å². The quantitative estimate of drug-likeness (QED) is 0.810. The number of likely N-dealkylation sites (tertiary alicyclic amines) is 1. The van der Waals surface area contributed by atoms with E-state index >= 15 is 0 Å². The van der Waals surface area contributed by atoms with Crippen molar-refractivity contribution >= 4 is 0 Å². The van der Waals surface area contributed by atoms with E-state index in [0.29, 0.717) is 0 Å². The van der Waals surface area contributed by atoms with Crippen LogP contribution in [0.2, 0.25) is 0 Å². The lowest BCUT2D eigenvalue weighted by atomic mass is 9.86. The molecule has 2 nitrogen and oxygen atoms in total. The Morgan fingerprint density at radius 2 is 1.82 bits per heavy atom. The zero-order chi connectivity index (χ0) is 12.3. The van der Waals surface area contributed by atoms with Gasteiger partial charge in [0.15, 0.2) is 0 Å². The monoisotopic (exact) mass is 238 g/mol. The van der Waals surface area contributed by atoms with Crippen LogP contribution in [-0.4, -0.2) is 37.1 Å². The average Bonchev–Trinajstić information content (AvgIpc) is 2.84. The summed E-state index contributed by atoms with van der Waals surface area (Å²) in [6.07, 6.45) is 8.73. The van der Waals surface area contributed by atoms with Crippen LogP contribution in [0.25, 0.3) is 0 Å².